The first-order chi connectivity index (χ1) is 9.10. The van der Waals surface area contributed by atoms with Crippen LogP contribution in [0.2, 0.25) is 0 Å². The van der Waals surface area contributed by atoms with E-state index in [1.165, 1.54) is 4.88 Å². The second-order valence-corrected chi connectivity index (χ2v) is 5.30. The molecule has 0 bridgehead atoms. The Labute approximate surface area is 115 Å². The van der Waals surface area contributed by atoms with Gasteiger partial charge >= 0.3 is 0 Å². The molecular formula is C13H16N4OS. The average Bonchev–Trinajstić information content (AvgIpc) is 2.85. The van der Waals surface area contributed by atoms with E-state index in [1.807, 2.05) is 6.20 Å². The summed E-state index contributed by atoms with van der Waals surface area (Å²) in [5, 5.41) is 4.14. The van der Waals surface area contributed by atoms with Crippen molar-refractivity contribution in [2.24, 2.45) is 5.73 Å². The van der Waals surface area contributed by atoms with Gasteiger partial charge in [0, 0.05) is 22.4 Å². The summed E-state index contributed by atoms with van der Waals surface area (Å²) < 4.78 is 0. The number of hydrogen-bond donors (Lipinski definition) is 3. The topological polar surface area (TPSA) is 94.0 Å². The summed E-state index contributed by atoms with van der Waals surface area (Å²) in [6.07, 6.45) is 2.85. The summed E-state index contributed by atoms with van der Waals surface area (Å²) in [7, 11) is 0. The summed E-state index contributed by atoms with van der Waals surface area (Å²) in [4.78, 5) is 16.9. The minimum atomic E-state index is -0.497. The number of carbonyl (C=O) groups excluding carboxylic acids is 1. The molecule has 6 heteroatoms. The molecule has 0 spiro atoms. The molecule has 0 unspecified atom stereocenters. The molecule has 0 saturated carbocycles. The Morgan fingerprint density at radius 1 is 1.47 bits per heavy atom. The average molecular weight is 276 g/mol. The van der Waals surface area contributed by atoms with Crippen molar-refractivity contribution in [3.63, 3.8) is 0 Å². The van der Waals surface area contributed by atoms with E-state index >= 15 is 0 Å². The Kier molecular flexibility index (Phi) is 4.01. The highest BCUT2D eigenvalue weighted by molar-refractivity contribution is 7.11. The van der Waals surface area contributed by atoms with Crippen LogP contribution in [0.5, 0.6) is 0 Å². The molecule has 1 amide bonds. The maximum absolute atomic E-state index is 11.3. The molecule has 5 nitrogen and oxygen atoms in total. The van der Waals surface area contributed by atoms with Crippen molar-refractivity contribution in [1.29, 1.82) is 0 Å². The van der Waals surface area contributed by atoms with E-state index in [4.69, 9.17) is 11.5 Å². The van der Waals surface area contributed by atoms with Crippen LogP contribution in [-0.2, 0) is 13.0 Å². The fraction of sp³-hybridized carbons (Fsp3) is 0.231. The van der Waals surface area contributed by atoms with Gasteiger partial charge in [-0.2, -0.15) is 0 Å². The fourth-order valence-corrected chi connectivity index (χ4v) is 2.49. The van der Waals surface area contributed by atoms with E-state index in [2.05, 4.69) is 17.2 Å². The van der Waals surface area contributed by atoms with Crippen molar-refractivity contribution in [3.05, 3.63) is 39.8 Å². The predicted octanol–water partition coefficient (Wildman–Crippen LogP) is 2.00. The normalized spacial score (nSPS) is 10.4. The number of nitrogens with one attached hydrogen (secondary N) is 1. The maximum Gasteiger partial charge on any atom is 0.250 e. The highest BCUT2D eigenvalue weighted by Gasteiger charge is 2.09. The first-order valence-corrected chi connectivity index (χ1v) is 6.78. The number of rotatable bonds is 5. The zero-order valence-corrected chi connectivity index (χ0v) is 11.5. The van der Waals surface area contributed by atoms with E-state index in [9.17, 15) is 4.79 Å². The van der Waals surface area contributed by atoms with Crippen LogP contribution >= 0.6 is 11.3 Å². The number of nitrogens with zero attached hydrogens (tertiary/aromatic N) is 1. The molecule has 0 fully saturated rings. The number of amides is 1. The number of anilines is 2. The smallest absolute Gasteiger partial charge is 0.250 e. The molecule has 0 aliphatic rings. The molecule has 5 N–H and O–H groups in total. The van der Waals surface area contributed by atoms with Crippen molar-refractivity contribution in [2.45, 2.75) is 19.9 Å². The molecule has 0 radical (unpaired) electrons. The van der Waals surface area contributed by atoms with Gasteiger partial charge in [0.25, 0.3) is 5.91 Å². The highest BCUT2D eigenvalue weighted by Crippen LogP contribution is 2.20. The molecule has 1 heterocycles. The molecule has 0 saturated heterocycles. The Bertz CT molecular complexity index is 594. The van der Waals surface area contributed by atoms with Crippen LogP contribution in [0.1, 0.15) is 27.2 Å². The van der Waals surface area contributed by atoms with Crippen LogP contribution in [0.3, 0.4) is 0 Å². The third-order valence-electron chi connectivity index (χ3n) is 2.69. The van der Waals surface area contributed by atoms with E-state index in [0.717, 1.165) is 11.4 Å². The van der Waals surface area contributed by atoms with Crippen LogP contribution in [0.25, 0.3) is 0 Å². The molecule has 100 valence electrons. The summed E-state index contributed by atoms with van der Waals surface area (Å²) in [5.74, 6) is -0.497. The second-order valence-electron chi connectivity index (χ2n) is 4.10. The number of hydrogen-bond acceptors (Lipinski definition) is 5. The number of nitrogen functional groups attached to an aromatic ring is 1. The van der Waals surface area contributed by atoms with Crippen LogP contribution in [0.15, 0.2) is 24.4 Å². The van der Waals surface area contributed by atoms with Gasteiger partial charge in [0.1, 0.15) is 5.01 Å². The number of carbonyl (C=O) groups is 1. The monoisotopic (exact) mass is 276 g/mol. The van der Waals surface area contributed by atoms with Crippen LogP contribution in [-0.4, -0.2) is 10.9 Å². The number of thiazole rings is 1. The molecule has 1 aromatic heterocycles. The van der Waals surface area contributed by atoms with Gasteiger partial charge in [0.15, 0.2) is 0 Å². The van der Waals surface area contributed by atoms with E-state index in [0.29, 0.717) is 23.5 Å². The van der Waals surface area contributed by atoms with Gasteiger partial charge in [-0.05, 0) is 24.6 Å². The van der Waals surface area contributed by atoms with Crippen molar-refractivity contribution in [1.82, 2.24) is 4.98 Å². The minimum absolute atomic E-state index is 0.396. The van der Waals surface area contributed by atoms with Crippen molar-refractivity contribution < 1.29 is 4.79 Å². The van der Waals surface area contributed by atoms with Crippen molar-refractivity contribution in [3.8, 4) is 0 Å². The Morgan fingerprint density at radius 2 is 2.26 bits per heavy atom. The number of benzene rings is 1. The first kappa shape index (κ1) is 13.4. The quantitative estimate of drug-likeness (QED) is 0.728. The van der Waals surface area contributed by atoms with Crippen LogP contribution in [0.4, 0.5) is 11.4 Å². The van der Waals surface area contributed by atoms with E-state index < -0.39 is 5.91 Å². The lowest BCUT2D eigenvalue weighted by Crippen LogP contribution is -2.14. The second kappa shape index (κ2) is 5.71. The first-order valence-electron chi connectivity index (χ1n) is 5.97. The van der Waals surface area contributed by atoms with Gasteiger partial charge in [-0.3, -0.25) is 4.79 Å². The number of aryl methyl sites for hydroxylation is 1. The third kappa shape index (κ3) is 3.23. The molecule has 2 aromatic rings. The molecule has 0 aliphatic heterocycles. The lowest BCUT2D eigenvalue weighted by Gasteiger charge is -2.09. The molecule has 19 heavy (non-hydrogen) atoms. The Balaban J connectivity index is 2.12. The van der Waals surface area contributed by atoms with Gasteiger partial charge in [-0.1, -0.05) is 6.92 Å². The molecule has 1 aromatic carbocycles. The van der Waals surface area contributed by atoms with Gasteiger partial charge < -0.3 is 16.8 Å². The highest BCUT2D eigenvalue weighted by atomic mass is 32.1. The van der Waals surface area contributed by atoms with E-state index in [1.54, 1.807) is 29.5 Å². The van der Waals surface area contributed by atoms with Gasteiger partial charge in [-0.15, -0.1) is 11.3 Å². The fourth-order valence-electron chi connectivity index (χ4n) is 1.68. The van der Waals surface area contributed by atoms with Gasteiger partial charge in [0.05, 0.1) is 12.1 Å². The minimum Gasteiger partial charge on any atom is -0.399 e. The van der Waals surface area contributed by atoms with Gasteiger partial charge in [-0.25, -0.2) is 4.98 Å². The maximum atomic E-state index is 11.3. The van der Waals surface area contributed by atoms with Crippen LogP contribution < -0.4 is 16.8 Å². The summed E-state index contributed by atoms with van der Waals surface area (Å²) in [5.41, 5.74) is 12.6. The zero-order valence-electron chi connectivity index (χ0n) is 10.6. The Morgan fingerprint density at radius 3 is 2.89 bits per heavy atom. The Hall–Kier alpha value is -2.08. The van der Waals surface area contributed by atoms with E-state index in [-0.39, 0.29) is 0 Å². The van der Waals surface area contributed by atoms with Crippen molar-refractivity contribution in [2.75, 3.05) is 11.1 Å². The standard InChI is InChI=1S/C13H16N4OS/c1-2-9-6-17-12(19-9)7-16-11-4-3-8(14)5-10(11)13(15)18/h3-6,16H,2,7,14H2,1H3,(H2,15,18). The lowest BCUT2D eigenvalue weighted by molar-refractivity contribution is 0.100. The molecule has 0 aliphatic carbocycles. The number of aromatic nitrogens is 1. The van der Waals surface area contributed by atoms with Crippen molar-refractivity contribution >= 4 is 28.6 Å². The molecule has 0 atom stereocenters. The number of primary amides is 1. The molecule has 2 rings (SSSR count). The lowest BCUT2D eigenvalue weighted by atomic mass is 10.1. The molecular weight excluding hydrogens is 260 g/mol. The SMILES string of the molecule is CCc1cnc(CNc2ccc(N)cc2C(N)=O)s1. The van der Waals surface area contributed by atoms with Crippen LogP contribution in [0, 0.1) is 0 Å². The summed E-state index contributed by atoms with van der Waals surface area (Å²) >= 11 is 1.66. The third-order valence-corrected chi connectivity index (χ3v) is 3.83. The number of nitrogens with two attached hydrogens (primary N) is 2. The van der Waals surface area contributed by atoms with Gasteiger partial charge in [0.2, 0.25) is 0 Å². The largest absolute Gasteiger partial charge is 0.399 e. The summed E-state index contributed by atoms with van der Waals surface area (Å²) in [6.45, 7) is 2.66. The summed E-state index contributed by atoms with van der Waals surface area (Å²) in [6, 6.07) is 5.06. The zero-order chi connectivity index (χ0) is 13.8. The predicted molar refractivity (Wildman–Crippen MR) is 78.2 cm³/mol.